The largest absolute Gasteiger partial charge is 0.480 e. The molecule has 2 aromatic rings. The molecule has 100 valence electrons. The highest BCUT2D eigenvalue weighted by Gasteiger charge is 2.19. The third-order valence-corrected chi connectivity index (χ3v) is 4.11. The van der Waals surface area contributed by atoms with Crippen molar-refractivity contribution in [3.05, 3.63) is 58.3 Å². The first kappa shape index (κ1) is 13.8. The van der Waals surface area contributed by atoms with Crippen LogP contribution in [0.5, 0.6) is 0 Å². The van der Waals surface area contributed by atoms with E-state index in [-0.39, 0.29) is 12.6 Å². The second kappa shape index (κ2) is 6.50. The van der Waals surface area contributed by atoms with E-state index >= 15 is 0 Å². The molecule has 4 heteroatoms. The second-order valence-electron chi connectivity index (χ2n) is 4.48. The van der Waals surface area contributed by atoms with Gasteiger partial charge < -0.3 is 5.11 Å². The molecular weight excluding hydrogens is 258 g/mol. The molecule has 1 N–H and O–H groups in total. The average molecular weight is 275 g/mol. The summed E-state index contributed by atoms with van der Waals surface area (Å²) >= 11 is 1.66. The Bertz CT molecular complexity index is 510. The van der Waals surface area contributed by atoms with Gasteiger partial charge in [-0.25, -0.2) is 0 Å². The predicted molar refractivity (Wildman–Crippen MR) is 77.2 cm³/mol. The smallest absolute Gasteiger partial charge is 0.317 e. The lowest BCUT2D eigenvalue weighted by atomic mass is 10.1. The summed E-state index contributed by atoms with van der Waals surface area (Å²) in [5.41, 5.74) is 1.13. The van der Waals surface area contributed by atoms with Crippen molar-refractivity contribution >= 4 is 17.3 Å². The molecule has 0 amide bonds. The maximum absolute atomic E-state index is 11.0. The summed E-state index contributed by atoms with van der Waals surface area (Å²) in [5, 5.41) is 11.1. The lowest BCUT2D eigenvalue weighted by molar-refractivity contribution is -0.139. The Morgan fingerprint density at radius 2 is 2.00 bits per heavy atom. The second-order valence-corrected chi connectivity index (χ2v) is 5.45. The molecular formula is C15H17NO2S. The Hall–Kier alpha value is -1.65. The minimum atomic E-state index is -0.792. The number of hydrogen-bond donors (Lipinski definition) is 1. The normalized spacial score (nSPS) is 12.5. The maximum atomic E-state index is 11.0. The Balaban J connectivity index is 2.14. The van der Waals surface area contributed by atoms with Crippen LogP contribution in [-0.4, -0.2) is 22.5 Å². The Labute approximate surface area is 117 Å². The SMILES string of the molecule is CC(c1cccs1)N(CC(=O)O)Cc1ccccc1. The summed E-state index contributed by atoms with van der Waals surface area (Å²) in [6, 6.07) is 14.1. The number of hydrogen-bond acceptors (Lipinski definition) is 3. The van der Waals surface area contributed by atoms with E-state index in [4.69, 9.17) is 5.11 Å². The summed E-state index contributed by atoms with van der Waals surface area (Å²) in [7, 11) is 0. The van der Waals surface area contributed by atoms with Crippen molar-refractivity contribution in [2.24, 2.45) is 0 Å². The first-order valence-corrected chi connectivity index (χ1v) is 7.08. The highest BCUT2D eigenvalue weighted by atomic mass is 32.1. The van der Waals surface area contributed by atoms with E-state index in [9.17, 15) is 4.79 Å². The number of rotatable bonds is 6. The van der Waals surface area contributed by atoms with Crippen molar-refractivity contribution < 1.29 is 9.90 Å². The van der Waals surface area contributed by atoms with Crippen LogP contribution in [0.25, 0.3) is 0 Å². The van der Waals surface area contributed by atoms with Gasteiger partial charge >= 0.3 is 5.97 Å². The van der Waals surface area contributed by atoms with Gasteiger partial charge in [0.1, 0.15) is 0 Å². The molecule has 3 nitrogen and oxygen atoms in total. The third-order valence-electron chi connectivity index (χ3n) is 3.07. The quantitative estimate of drug-likeness (QED) is 0.878. The standard InChI is InChI=1S/C15H17NO2S/c1-12(14-8-5-9-19-14)16(11-15(17)18)10-13-6-3-2-4-7-13/h2-9,12H,10-11H2,1H3,(H,17,18). The van der Waals surface area contributed by atoms with Crippen molar-refractivity contribution in [3.63, 3.8) is 0 Å². The minimum absolute atomic E-state index is 0.0496. The summed E-state index contributed by atoms with van der Waals surface area (Å²) in [6.45, 7) is 2.75. The van der Waals surface area contributed by atoms with E-state index in [0.717, 1.165) is 5.56 Å². The van der Waals surface area contributed by atoms with E-state index in [1.165, 1.54) is 4.88 Å². The predicted octanol–water partition coefficient (Wildman–Crippen LogP) is 3.40. The monoisotopic (exact) mass is 275 g/mol. The summed E-state index contributed by atoms with van der Waals surface area (Å²) in [4.78, 5) is 14.2. The zero-order valence-electron chi connectivity index (χ0n) is 10.8. The average Bonchev–Trinajstić information content (AvgIpc) is 2.91. The van der Waals surface area contributed by atoms with Gasteiger partial charge in [0, 0.05) is 17.5 Å². The van der Waals surface area contributed by atoms with E-state index in [1.54, 1.807) is 11.3 Å². The van der Waals surface area contributed by atoms with E-state index < -0.39 is 5.97 Å². The highest BCUT2D eigenvalue weighted by Crippen LogP contribution is 2.25. The lowest BCUT2D eigenvalue weighted by Crippen LogP contribution is -2.31. The van der Waals surface area contributed by atoms with Crippen LogP contribution in [0.1, 0.15) is 23.4 Å². The van der Waals surface area contributed by atoms with Gasteiger partial charge in [0.05, 0.1) is 6.54 Å². The van der Waals surface area contributed by atoms with Crippen LogP contribution >= 0.6 is 11.3 Å². The van der Waals surface area contributed by atoms with Gasteiger partial charge in [0.15, 0.2) is 0 Å². The molecule has 1 unspecified atom stereocenters. The van der Waals surface area contributed by atoms with Gasteiger partial charge in [-0.15, -0.1) is 11.3 Å². The van der Waals surface area contributed by atoms with Crippen LogP contribution in [-0.2, 0) is 11.3 Å². The summed E-state index contributed by atoms with van der Waals surface area (Å²) in [6.07, 6.45) is 0. The Morgan fingerprint density at radius 1 is 1.26 bits per heavy atom. The first-order chi connectivity index (χ1) is 9.16. The molecule has 0 spiro atoms. The molecule has 0 aliphatic carbocycles. The van der Waals surface area contributed by atoms with Gasteiger partial charge in [-0.05, 0) is 23.9 Å². The molecule has 0 saturated heterocycles. The fourth-order valence-electron chi connectivity index (χ4n) is 2.03. The molecule has 0 aliphatic rings. The van der Waals surface area contributed by atoms with E-state index in [0.29, 0.717) is 6.54 Å². The molecule has 19 heavy (non-hydrogen) atoms. The number of nitrogens with zero attached hydrogens (tertiary/aromatic N) is 1. The maximum Gasteiger partial charge on any atom is 0.317 e. The molecule has 0 bridgehead atoms. The fraction of sp³-hybridized carbons (Fsp3) is 0.267. The Morgan fingerprint density at radius 3 is 2.58 bits per heavy atom. The van der Waals surface area contributed by atoms with Gasteiger partial charge in [-0.2, -0.15) is 0 Å². The molecule has 1 aromatic carbocycles. The number of aliphatic carboxylic acids is 1. The first-order valence-electron chi connectivity index (χ1n) is 6.20. The molecule has 1 aromatic heterocycles. The van der Waals surface area contributed by atoms with Crippen LogP contribution < -0.4 is 0 Å². The summed E-state index contributed by atoms with van der Waals surface area (Å²) in [5.74, 6) is -0.792. The van der Waals surface area contributed by atoms with Gasteiger partial charge in [-0.3, -0.25) is 9.69 Å². The van der Waals surface area contributed by atoms with Crippen LogP contribution in [0.3, 0.4) is 0 Å². The van der Waals surface area contributed by atoms with Crippen LogP contribution in [0.4, 0.5) is 0 Å². The van der Waals surface area contributed by atoms with Crippen LogP contribution in [0, 0.1) is 0 Å². The van der Waals surface area contributed by atoms with Crippen molar-refractivity contribution in [2.45, 2.75) is 19.5 Å². The number of benzene rings is 1. The minimum Gasteiger partial charge on any atom is -0.480 e. The van der Waals surface area contributed by atoms with Crippen molar-refractivity contribution in [1.82, 2.24) is 4.90 Å². The molecule has 0 fully saturated rings. The Kier molecular flexibility index (Phi) is 4.71. The molecule has 0 radical (unpaired) electrons. The molecule has 1 heterocycles. The van der Waals surface area contributed by atoms with Crippen LogP contribution in [0.15, 0.2) is 47.8 Å². The number of thiophene rings is 1. The zero-order valence-corrected chi connectivity index (χ0v) is 11.6. The van der Waals surface area contributed by atoms with Crippen molar-refractivity contribution in [3.8, 4) is 0 Å². The van der Waals surface area contributed by atoms with E-state index in [2.05, 4.69) is 13.0 Å². The van der Waals surface area contributed by atoms with E-state index in [1.807, 2.05) is 46.7 Å². The molecule has 2 rings (SSSR count). The highest BCUT2D eigenvalue weighted by molar-refractivity contribution is 7.10. The third kappa shape index (κ3) is 3.91. The molecule has 0 saturated carbocycles. The zero-order chi connectivity index (χ0) is 13.7. The number of carbonyl (C=O) groups is 1. The van der Waals surface area contributed by atoms with Crippen molar-refractivity contribution in [2.75, 3.05) is 6.54 Å². The van der Waals surface area contributed by atoms with Crippen molar-refractivity contribution in [1.29, 1.82) is 0 Å². The van der Waals surface area contributed by atoms with Gasteiger partial charge in [0.2, 0.25) is 0 Å². The van der Waals surface area contributed by atoms with Gasteiger partial charge in [-0.1, -0.05) is 36.4 Å². The molecule has 0 aliphatic heterocycles. The number of carboxylic acid groups (broad SMARTS) is 1. The fourth-order valence-corrected chi connectivity index (χ4v) is 2.85. The number of carboxylic acids is 1. The topological polar surface area (TPSA) is 40.5 Å². The molecule has 1 atom stereocenters. The lowest BCUT2D eigenvalue weighted by Gasteiger charge is -2.26. The van der Waals surface area contributed by atoms with Crippen LogP contribution in [0.2, 0.25) is 0 Å². The summed E-state index contributed by atoms with van der Waals surface area (Å²) < 4.78 is 0. The van der Waals surface area contributed by atoms with Gasteiger partial charge in [0.25, 0.3) is 0 Å².